The Morgan fingerprint density at radius 3 is 2.64 bits per heavy atom. The molecule has 0 spiro atoms. The zero-order valence-corrected chi connectivity index (χ0v) is 8.57. The molecule has 14 heavy (non-hydrogen) atoms. The van der Waals surface area contributed by atoms with E-state index in [0.29, 0.717) is 11.4 Å². The van der Waals surface area contributed by atoms with E-state index in [1.807, 2.05) is 13.8 Å². The molecule has 2 N–H and O–H groups in total. The van der Waals surface area contributed by atoms with Gasteiger partial charge in [0.05, 0.1) is 6.10 Å². The van der Waals surface area contributed by atoms with Crippen LogP contribution < -0.4 is 10.5 Å². The summed E-state index contributed by atoms with van der Waals surface area (Å²) >= 11 is 0. The molecule has 0 saturated heterocycles. The average molecular weight is 194 g/mol. The van der Waals surface area contributed by atoms with Gasteiger partial charge >= 0.3 is 0 Å². The number of primary amides is 1. The number of aromatic nitrogens is 1. The molecule has 0 aliphatic carbocycles. The summed E-state index contributed by atoms with van der Waals surface area (Å²) in [7, 11) is 0. The molecule has 4 heteroatoms. The number of rotatable bonds is 3. The number of hydrogen-bond donors (Lipinski definition) is 1. The van der Waals surface area contributed by atoms with Gasteiger partial charge in [-0.05, 0) is 26.8 Å². The Balaban J connectivity index is 3.01. The fourth-order valence-electron chi connectivity index (χ4n) is 1.08. The minimum atomic E-state index is -0.468. The van der Waals surface area contributed by atoms with Crippen LogP contribution in [-0.4, -0.2) is 17.0 Å². The average Bonchev–Trinajstić information content (AvgIpc) is 2.01. The van der Waals surface area contributed by atoms with Crippen molar-refractivity contribution >= 4 is 5.91 Å². The molecule has 0 aliphatic heterocycles. The van der Waals surface area contributed by atoms with Crippen LogP contribution in [0.5, 0.6) is 5.88 Å². The second-order valence-electron chi connectivity index (χ2n) is 3.37. The number of carbonyl (C=O) groups excluding carboxylic acids is 1. The van der Waals surface area contributed by atoms with Crippen LogP contribution in [0.25, 0.3) is 0 Å². The maximum absolute atomic E-state index is 10.9. The summed E-state index contributed by atoms with van der Waals surface area (Å²) in [5, 5.41) is 0. The topological polar surface area (TPSA) is 65.2 Å². The molecular formula is C10H14N2O2. The Bertz CT molecular complexity index is 348. The quantitative estimate of drug-likeness (QED) is 0.788. The molecule has 1 heterocycles. The van der Waals surface area contributed by atoms with E-state index in [1.165, 1.54) is 0 Å². The molecule has 0 radical (unpaired) electrons. The second-order valence-corrected chi connectivity index (χ2v) is 3.37. The molecule has 0 aliphatic rings. The van der Waals surface area contributed by atoms with E-state index < -0.39 is 5.91 Å². The van der Waals surface area contributed by atoms with E-state index in [4.69, 9.17) is 10.5 Å². The standard InChI is InChI=1S/C10H14N2O2/c1-6(2)14-9-5-8(10(11)13)4-7(3)12-9/h4-6H,1-3H3,(H2,11,13). The first-order valence-electron chi connectivity index (χ1n) is 4.44. The van der Waals surface area contributed by atoms with Gasteiger partial charge in [0.2, 0.25) is 11.8 Å². The van der Waals surface area contributed by atoms with Gasteiger partial charge in [0, 0.05) is 17.3 Å². The number of carbonyl (C=O) groups is 1. The van der Waals surface area contributed by atoms with Crippen LogP contribution in [-0.2, 0) is 0 Å². The molecule has 1 aromatic rings. The van der Waals surface area contributed by atoms with E-state index in [2.05, 4.69) is 4.98 Å². The predicted octanol–water partition coefficient (Wildman–Crippen LogP) is 1.28. The second kappa shape index (κ2) is 4.09. The lowest BCUT2D eigenvalue weighted by Crippen LogP contribution is -2.13. The fourth-order valence-corrected chi connectivity index (χ4v) is 1.08. The molecule has 1 amide bonds. The first-order valence-corrected chi connectivity index (χ1v) is 4.44. The van der Waals surface area contributed by atoms with Gasteiger partial charge in [-0.2, -0.15) is 0 Å². The van der Waals surface area contributed by atoms with Crippen molar-refractivity contribution in [3.05, 3.63) is 23.4 Å². The number of nitrogens with two attached hydrogens (primary N) is 1. The maximum Gasteiger partial charge on any atom is 0.248 e. The minimum absolute atomic E-state index is 0.0324. The molecule has 0 bridgehead atoms. The largest absolute Gasteiger partial charge is 0.475 e. The van der Waals surface area contributed by atoms with Crippen LogP contribution >= 0.6 is 0 Å². The Morgan fingerprint density at radius 1 is 1.50 bits per heavy atom. The molecule has 0 saturated carbocycles. The summed E-state index contributed by atoms with van der Waals surface area (Å²) in [6, 6.07) is 3.19. The number of nitrogens with zero attached hydrogens (tertiary/aromatic N) is 1. The highest BCUT2D eigenvalue weighted by molar-refractivity contribution is 5.93. The maximum atomic E-state index is 10.9. The first kappa shape index (κ1) is 10.5. The van der Waals surface area contributed by atoms with E-state index >= 15 is 0 Å². The van der Waals surface area contributed by atoms with Crippen LogP contribution in [0, 0.1) is 6.92 Å². The lowest BCUT2D eigenvalue weighted by atomic mass is 10.2. The number of hydrogen-bond acceptors (Lipinski definition) is 3. The van der Waals surface area contributed by atoms with Gasteiger partial charge < -0.3 is 10.5 Å². The van der Waals surface area contributed by atoms with Crippen molar-refractivity contribution in [1.82, 2.24) is 4.98 Å². The van der Waals surface area contributed by atoms with Gasteiger partial charge in [-0.15, -0.1) is 0 Å². The zero-order valence-electron chi connectivity index (χ0n) is 8.57. The number of amides is 1. The third kappa shape index (κ3) is 2.73. The Hall–Kier alpha value is -1.58. The van der Waals surface area contributed by atoms with Gasteiger partial charge in [-0.1, -0.05) is 0 Å². The molecule has 0 aromatic carbocycles. The number of pyridine rings is 1. The SMILES string of the molecule is Cc1cc(C(N)=O)cc(OC(C)C)n1. The van der Waals surface area contributed by atoms with E-state index in [9.17, 15) is 4.79 Å². The van der Waals surface area contributed by atoms with Crippen LogP contribution in [0.4, 0.5) is 0 Å². The van der Waals surface area contributed by atoms with Crippen LogP contribution in [0.15, 0.2) is 12.1 Å². The van der Waals surface area contributed by atoms with Gasteiger partial charge in [0.25, 0.3) is 0 Å². The zero-order chi connectivity index (χ0) is 10.7. The summed E-state index contributed by atoms with van der Waals surface area (Å²) in [6.45, 7) is 5.58. The van der Waals surface area contributed by atoms with Crippen molar-refractivity contribution in [2.45, 2.75) is 26.9 Å². The third-order valence-corrected chi connectivity index (χ3v) is 1.57. The van der Waals surface area contributed by atoms with Gasteiger partial charge in [-0.25, -0.2) is 4.98 Å². The molecule has 1 aromatic heterocycles. The normalized spacial score (nSPS) is 10.3. The number of aryl methyl sites for hydroxylation is 1. The van der Waals surface area contributed by atoms with Crippen molar-refractivity contribution in [3.8, 4) is 5.88 Å². The summed E-state index contributed by atoms with van der Waals surface area (Å²) in [4.78, 5) is 15.1. The van der Waals surface area contributed by atoms with Crippen molar-refractivity contribution in [2.24, 2.45) is 5.73 Å². The summed E-state index contributed by atoms with van der Waals surface area (Å²) in [6.07, 6.45) is 0.0324. The summed E-state index contributed by atoms with van der Waals surface area (Å²) in [5.74, 6) is -0.0297. The van der Waals surface area contributed by atoms with Crippen LogP contribution in [0.1, 0.15) is 29.9 Å². The van der Waals surface area contributed by atoms with Crippen molar-refractivity contribution in [3.63, 3.8) is 0 Å². The first-order chi connectivity index (χ1) is 6.49. The summed E-state index contributed by atoms with van der Waals surface area (Å²) < 4.78 is 5.37. The van der Waals surface area contributed by atoms with Gasteiger partial charge in [0.15, 0.2) is 0 Å². The fraction of sp³-hybridized carbons (Fsp3) is 0.400. The van der Waals surface area contributed by atoms with Crippen molar-refractivity contribution in [2.75, 3.05) is 0 Å². The molecule has 4 nitrogen and oxygen atoms in total. The Morgan fingerprint density at radius 2 is 2.14 bits per heavy atom. The molecule has 76 valence electrons. The molecule has 1 rings (SSSR count). The number of ether oxygens (including phenoxy) is 1. The van der Waals surface area contributed by atoms with E-state index in [0.717, 1.165) is 5.69 Å². The third-order valence-electron chi connectivity index (χ3n) is 1.57. The highest BCUT2D eigenvalue weighted by atomic mass is 16.5. The predicted molar refractivity (Wildman–Crippen MR) is 53.3 cm³/mol. The lowest BCUT2D eigenvalue weighted by molar-refractivity contribution is 0.0999. The highest BCUT2D eigenvalue weighted by Gasteiger charge is 2.06. The Kier molecular flexibility index (Phi) is 3.06. The lowest BCUT2D eigenvalue weighted by Gasteiger charge is -2.09. The van der Waals surface area contributed by atoms with Crippen molar-refractivity contribution in [1.29, 1.82) is 0 Å². The molecule has 0 atom stereocenters. The van der Waals surface area contributed by atoms with Crippen LogP contribution in [0.2, 0.25) is 0 Å². The van der Waals surface area contributed by atoms with Crippen LogP contribution in [0.3, 0.4) is 0 Å². The monoisotopic (exact) mass is 194 g/mol. The highest BCUT2D eigenvalue weighted by Crippen LogP contribution is 2.13. The molecule has 0 fully saturated rings. The molecule has 0 unspecified atom stereocenters. The van der Waals surface area contributed by atoms with E-state index in [1.54, 1.807) is 19.1 Å². The van der Waals surface area contributed by atoms with E-state index in [-0.39, 0.29) is 6.10 Å². The molecular weight excluding hydrogens is 180 g/mol. The smallest absolute Gasteiger partial charge is 0.248 e. The Labute approximate surface area is 83.1 Å². The van der Waals surface area contributed by atoms with Gasteiger partial charge in [0.1, 0.15) is 0 Å². The minimum Gasteiger partial charge on any atom is -0.475 e. The summed E-state index contributed by atoms with van der Waals surface area (Å²) in [5.41, 5.74) is 6.30. The van der Waals surface area contributed by atoms with Crippen molar-refractivity contribution < 1.29 is 9.53 Å². The van der Waals surface area contributed by atoms with Gasteiger partial charge in [-0.3, -0.25) is 4.79 Å².